The summed E-state index contributed by atoms with van der Waals surface area (Å²) in [6.07, 6.45) is -2.84. The lowest BCUT2D eigenvalue weighted by Gasteiger charge is -2.34. The average molecular weight is 315 g/mol. The molecule has 2 atom stereocenters. The van der Waals surface area contributed by atoms with Crippen LogP contribution in [0, 0.1) is 11.8 Å². The number of aromatic hydroxyl groups is 1. The number of benzene rings is 1. The third-order valence-corrected chi connectivity index (χ3v) is 4.21. The predicted octanol–water partition coefficient (Wildman–Crippen LogP) is 3.72. The molecule has 0 saturated heterocycles. The normalized spacial score (nSPS) is 22.4. The first-order valence-corrected chi connectivity index (χ1v) is 7.38. The Kier molecular flexibility index (Phi) is 4.98. The zero-order chi connectivity index (χ0) is 16.3. The van der Waals surface area contributed by atoms with Crippen LogP contribution in [-0.2, 0) is 11.3 Å². The van der Waals surface area contributed by atoms with Gasteiger partial charge in [-0.05, 0) is 30.5 Å². The maximum absolute atomic E-state index is 13.1. The highest BCUT2D eigenvalue weighted by Crippen LogP contribution is 2.42. The van der Waals surface area contributed by atoms with Crippen LogP contribution in [0.3, 0.4) is 0 Å². The number of amides is 1. The fraction of sp³-hybridized carbons (Fsp3) is 0.562. The van der Waals surface area contributed by atoms with Gasteiger partial charge >= 0.3 is 6.18 Å². The van der Waals surface area contributed by atoms with Crippen molar-refractivity contribution in [3.63, 3.8) is 0 Å². The largest absolute Gasteiger partial charge is 0.508 e. The van der Waals surface area contributed by atoms with Gasteiger partial charge in [-0.25, -0.2) is 0 Å². The van der Waals surface area contributed by atoms with Crippen molar-refractivity contribution in [2.75, 3.05) is 7.05 Å². The molecule has 1 aliphatic carbocycles. The predicted molar refractivity (Wildman–Crippen MR) is 76.1 cm³/mol. The molecule has 3 nitrogen and oxygen atoms in total. The lowest BCUT2D eigenvalue weighted by molar-refractivity contribution is -0.200. The molecular formula is C16H20F3NO2. The Morgan fingerprint density at radius 2 is 2.00 bits per heavy atom. The molecule has 0 spiro atoms. The number of carbonyl (C=O) groups is 1. The summed E-state index contributed by atoms with van der Waals surface area (Å²) in [6, 6.07) is 6.38. The molecular weight excluding hydrogens is 295 g/mol. The van der Waals surface area contributed by atoms with E-state index in [1.165, 1.54) is 24.1 Å². The van der Waals surface area contributed by atoms with E-state index in [9.17, 15) is 23.1 Å². The number of alkyl halides is 3. The van der Waals surface area contributed by atoms with Crippen LogP contribution < -0.4 is 0 Å². The average Bonchev–Trinajstić information content (AvgIpc) is 2.45. The molecule has 1 fully saturated rings. The molecule has 1 aliphatic rings. The van der Waals surface area contributed by atoms with Gasteiger partial charge in [-0.3, -0.25) is 4.79 Å². The van der Waals surface area contributed by atoms with Crippen molar-refractivity contribution in [1.82, 2.24) is 4.90 Å². The van der Waals surface area contributed by atoms with Crippen LogP contribution in [0.5, 0.6) is 5.75 Å². The van der Waals surface area contributed by atoms with Gasteiger partial charge in [-0.15, -0.1) is 0 Å². The standard InChI is InChI=1S/C16H20F3NO2/c1-20(10-11-5-4-6-12(21)9-11)15(22)13-7-2-3-8-14(13)16(17,18)19/h4-6,9,13-14,21H,2-3,7-8,10H2,1H3/t13-,14+/m0/s1. The highest BCUT2D eigenvalue weighted by atomic mass is 19.4. The van der Waals surface area contributed by atoms with Gasteiger partial charge in [0.2, 0.25) is 5.91 Å². The smallest absolute Gasteiger partial charge is 0.392 e. The van der Waals surface area contributed by atoms with Crippen molar-refractivity contribution < 1.29 is 23.1 Å². The van der Waals surface area contributed by atoms with Crippen molar-refractivity contribution >= 4 is 5.91 Å². The Bertz CT molecular complexity index is 530. The fourth-order valence-corrected chi connectivity index (χ4v) is 3.11. The van der Waals surface area contributed by atoms with Gasteiger partial charge < -0.3 is 10.0 Å². The third-order valence-electron chi connectivity index (χ3n) is 4.21. The minimum Gasteiger partial charge on any atom is -0.508 e. The van der Waals surface area contributed by atoms with Crippen molar-refractivity contribution in [3.8, 4) is 5.75 Å². The molecule has 0 unspecified atom stereocenters. The molecule has 0 heterocycles. The first kappa shape index (κ1) is 16.6. The van der Waals surface area contributed by atoms with Crippen LogP contribution in [0.15, 0.2) is 24.3 Å². The Morgan fingerprint density at radius 1 is 1.32 bits per heavy atom. The maximum Gasteiger partial charge on any atom is 0.392 e. The quantitative estimate of drug-likeness (QED) is 0.923. The maximum atomic E-state index is 13.1. The van der Waals surface area contributed by atoms with Crippen molar-refractivity contribution in [1.29, 1.82) is 0 Å². The summed E-state index contributed by atoms with van der Waals surface area (Å²) >= 11 is 0. The molecule has 1 N–H and O–H groups in total. The molecule has 0 bridgehead atoms. The lowest BCUT2D eigenvalue weighted by atomic mass is 9.78. The van der Waals surface area contributed by atoms with Crippen LogP contribution in [-0.4, -0.2) is 29.1 Å². The number of phenols is 1. The summed E-state index contributed by atoms with van der Waals surface area (Å²) in [4.78, 5) is 13.7. The van der Waals surface area contributed by atoms with Crippen molar-refractivity contribution in [2.45, 2.75) is 38.4 Å². The van der Waals surface area contributed by atoms with Gasteiger partial charge in [0.25, 0.3) is 0 Å². The van der Waals surface area contributed by atoms with Gasteiger partial charge in [0.05, 0.1) is 5.92 Å². The molecule has 0 aliphatic heterocycles. The summed E-state index contributed by atoms with van der Waals surface area (Å²) in [5, 5.41) is 9.41. The molecule has 1 amide bonds. The highest BCUT2D eigenvalue weighted by molar-refractivity contribution is 5.79. The van der Waals surface area contributed by atoms with E-state index in [-0.39, 0.29) is 25.1 Å². The first-order chi connectivity index (χ1) is 10.3. The summed E-state index contributed by atoms with van der Waals surface area (Å²) < 4.78 is 39.3. The Hall–Kier alpha value is -1.72. The van der Waals surface area contributed by atoms with Crippen LogP contribution in [0.4, 0.5) is 13.2 Å². The first-order valence-electron chi connectivity index (χ1n) is 7.38. The van der Waals surface area contributed by atoms with Crippen LogP contribution in [0.1, 0.15) is 31.2 Å². The van der Waals surface area contributed by atoms with E-state index in [2.05, 4.69) is 0 Å². The second-order valence-electron chi connectivity index (χ2n) is 5.90. The number of hydrogen-bond donors (Lipinski definition) is 1. The summed E-state index contributed by atoms with van der Waals surface area (Å²) in [5.41, 5.74) is 0.690. The summed E-state index contributed by atoms with van der Waals surface area (Å²) in [6.45, 7) is 0.189. The molecule has 2 rings (SSSR count). The van der Waals surface area contributed by atoms with Crippen LogP contribution in [0.2, 0.25) is 0 Å². The number of carbonyl (C=O) groups excluding carboxylic acids is 1. The molecule has 1 aromatic rings. The van der Waals surface area contributed by atoms with E-state index >= 15 is 0 Å². The fourth-order valence-electron chi connectivity index (χ4n) is 3.11. The Morgan fingerprint density at radius 3 is 2.64 bits per heavy atom. The Balaban J connectivity index is 2.08. The lowest BCUT2D eigenvalue weighted by Crippen LogP contribution is -2.43. The minimum absolute atomic E-state index is 0.0277. The van der Waals surface area contributed by atoms with E-state index in [1.807, 2.05) is 0 Å². The van der Waals surface area contributed by atoms with Gasteiger partial charge in [-0.1, -0.05) is 25.0 Å². The van der Waals surface area contributed by atoms with E-state index in [1.54, 1.807) is 12.1 Å². The van der Waals surface area contributed by atoms with E-state index in [0.29, 0.717) is 18.4 Å². The number of halogens is 3. The molecule has 1 saturated carbocycles. The van der Waals surface area contributed by atoms with Gasteiger partial charge in [0.15, 0.2) is 0 Å². The second kappa shape index (κ2) is 6.58. The summed E-state index contributed by atoms with van der Waals surface area (Å²) in [5.74, 6) is -2.93. The molecule has 0 aromatic heterocycles. The van der Waals surface area contributed by atoms with Crippen molar-refractivity contribution in [2.24, 2.45) is 11.8 Å². The second-order valence-corrected chi connectivity index (χ2v) is 5.90. The minimum atomic E-state index is -4.33. The molecule has 122 valence electrons. The third kappa shape index (κ3) is 3.93. The van der Waals surface area contributed by atoms with Crippen molar-refractivity contribution in [3.05, 3.63) is 29.8 Å². The number of nitrogens with zero attached hydrogens (tertiary/aromatic N) is 1. The number of rotatable bonds is 3. The number of phenolic OH excluding ortho intramolecular Hbond substituents is 1. The zero-order valence-electron chi connectivity index (χ0n) is 12.4. The molecule has 1 aromatic carbocycles. The molecule has 6 heteroatoms. The van der Waals surface area contributed by atoms with Crippen LogP contribution in [0.25, 0.3) is 0 Å². The zero-order valence-corrected chi connectivity index (χ0v) is 12.4. The Labute approximate surface area is 127 Å². The van der Waals surface area contributed by atoms with E-state index in [4.69, 9.17) is 0 Å². The van der Waals surface area contributed by atoms with Gasteiger partial charge in [0.1, 0.15) is 5.75 Å². The molecule has 22 heavy (non-hydrogen) atoms. The monoisotopic (exact) mass is 315 g/mol. The van der Waals surface area contributed by atoms with E-state index < -0.39 is 23.9 Å². The topological polar surface area (TPSA) is 40.5 Å². The summed E-state index contributed by atoms with van der Waals surface area (Å²) in [7, 11) is 1.51. The highest BCUT2D eigenvalue weighted by Gasteiger charge is 2.48. The van der Waals surface area contributed by atoms with Crippen LogP contribution >= 0.6 is 0 Å². The van der Waals surface area contributed by atoms with E-state index in [0.717, 1.165) is 0 Å². The number of hydrogen-bond acceptors (Lipinski definition) is 2. The molecule has 0 radical (unpaired) electrons. The SMILES string of the molecule is CN(Cc1cccc(O)c1)C(=O)[C@H]1CCCC[C@H]1C(F)(F)F. The van der Waals surface area contributed by atoms with Gasteiger partial charge in [0, 0.05) is 19.5 Å². The van der Waals surface area contributed by atoms with Gasteiger partial charge in [-0.2, -0.15) is 13.2 Å².